The van der Waals surface area contributed by atoms with Crippen molar-refractivity contribution in [2.45, 2.75) is 11.4 Å². The summed E-state index contributed by atoms with van der Waals surface area (Å²) in [6.07, 6.45) is 0. The largest absolute Gasteiger partial charge is 0.381 e. The first kappa shape index (κ1) is 15.5. The standard InChI is InChI=1S/C13H12Br2N2O2S/c14-12-5-4-9(6-13(12)15)8-17-10-2-1-3-11(7-10)20(16,18)19/h1-7,17H,8H2,(H2,16,18,19). The highest BCUT2D eigenvalue weighted by atomic mass is 79.9. The van der Waals surface area contributed by atoms with Gasteiger partial charge in [-0.1, -0.05) is 12.1 Å². The Bertz CT molecular complexity index is 733. The molecule has 0 aliphatic carbocycles. The van der Waals surface area contributed by atoms with E-state index in [1.807, 2.05) is 18.2 Å². The predicted octanol–water partition coefficient (Wildman–Crippen LogP) is 3.47. The van der Waals surface area contributed by atoms with Crippen molar-refractivity contribution in [3.8, 4) is 0 Å². The molecule has 0 bridgehead atoms. The molecule has 0 aliphatic rings. The van der Waals surface area contributed by atoms with Gasteiger partial charge in [0, 0.05) is 21.2 Å². The molecular formula is C13H12Br2N2O2S. The molecule has 2 aromatic rings. The molecule has 0 heterocycles. The molecule has 0 spiro atoms. The molecule has 0 saturated carbocycles. The summed E-state index contributed by atoms with van der Waals surface area (Å²) in [5, 5.41) is 8.27. The zero-order valence-corrected chi connectivity index (χ0v) is 14.3. The number of halogens is 2. The summed E-state index contributed by atoms with van der Waals surface area (Å²) >= 11 is 6.85. The van der Waals surface area contributed by atoms with Gasteiger partial charge < -0.3 is 5.32 Å². The van der Waals surface area contributed by atoms with Crippen LogP contribution in [0.5, 0.6) is 0 Å². The van der Waals surface area contributed by atoms with Gasteiger partial charge in [0.05, 0.1) is 4.90 Å². The van der Waals surface area contributed by atoms with E-state index >= 15 is 0 Å². The first-order valence-electron chi connectivity index (χ1n) is 5.67. The van der Waals surface area contributed by atoms with Crippen molar-refractivity contribution in [1.29, 1.82) is 0 Å². The fourth-order valence-electron chi connectivity index (χ4n) is 1.64. The van der Waals surface area contributed by atoms with Gasteiger partial charge in [0.2, 0.25) is 10.0 Å². The maximum Gasteiger partial charge on any atom is 0.238 e. The monoisotopic (exact) mass is 418 g/mol. The Morgan fingerprint density at radius 2 is 1.80 bits per heavy atom. The zero-order chi connectivity index (χ0) is 14.8. The number of hydrogen-bond acceptors (Lipinski definition) is 3. The fourth-order valence-corrected chi connectivity index (χ4v) is 2.87. The third-order valence-corrected chi connectivity index (χ3v) is 5.43. The van der Waals surface area contributed by atoms with E-state index in [1.165, 1.54) is 12.1 Å². The molecule has 0 amide bonds. The first-order chi connectivity index (χ1) is 9.36. The smallest absolute Gasteiger partial charge is 0.238 e. The van der Waals surface area contributed by atoms with Crippen molar-refractivity contribution < 1.29 is 8.42 Å². The molecule has 0 atom stereocenters. The van der Waals surface area contributed by atoms with E-state index in [1.54, 1.807) is 12.1 Å². The highest BCUT2D eigenvalue weighted by Gasteiger charge is 2.07. The maximum absolute atomic E-state index is 11.3. The van der Waals surface area contributed by atoms with Gasteiger partial charge in [-0.25, -0.2) is 13.6 Å². The van der Waals surface area contributed by atoms with Gasteiger partial charge in [0.25, 0.3) is 0 Å². The molecule has 4 nitrogen and oxygen atoms in total. The lowest BCUT2D eigenvalue weighted by Crippen LogP contribution is -2.12. The molecule has 0 radical (unpaired) electrons. The van der Waals surface area contributed by atoms with Crippen molar-refractivity contribution >= 4 is 47.6 Å². The molecular weight excluding hydrogens is 408 g/mol. The van der Waals surface area contributed by atoms with E-state index in [-0.39, 0.29) is 4.90 Å². The second-order valence-electron chi connectivity index (χ2n) is 4.17. The number of nitrogens with one attached hydrogen (secondary N) is 1. The minimum Gasteiger partial charge on any atom is -0.381 e. The average Bonchev–Trinajstić information content (AvgIpc) is 2.39. The van der Waals surface area contributed by atoms with Crippen LogP contribution < -0.4 is 10.5 Å². The normalized spacial score (nSPS) is 11.3. The topological polar surface area (TPSA) is 72.2 Å². The van der Waals surface area contributed by atoms with Crippen molar-refractivity contribution in [3.63, 3.8) is 0 Å². The number of hydrogen-bond donors (Lipinski definition) is 2. The Hall–Kier alpha value is -0.890. The highest BCUT2D eigenvalue weighted by Crippen LogP contribution is 2.24. The van der Waals surface area contributed by atoms with Crippen molar-refractivity contribution in [3.05, 3.63) is 57.0 Å². The van der Waals surface area contributed by atoms with Gasteiger partial charge in [-0.3, -0.25) is 0 Å². The quantitative estimate of drug-likeness (QED) is 0.796. The van der Waals surface area contributed by atoms with Crippen LogP contribution in [0.1, 0.15) is 5.56 Å². The molecule has 0 unspecified atom stereocenters. The summed E-state index contributed by atoms with van der Waals surface area (Å²) in [6, 6.07) is 12.3. The lowest BCUT2D eigenvalue weighted by molar-refractivity contribution is 0.598. The van der Waals surface area contributed by atoms with E-state index in [0.29, 0.717) is 12.2 Å². The van der Waals surface area contributed by atoms with E-state index in [9.17, 15) is 8.42 Å². The number of nitrogens with two attached hydrogens (primary N) is 1. The van der Waals surface area contributed by atoms with Crippen LogP contribution in [-0.2, 0) is 16.6 Å². The van der Waals surface area contributed by atoms with E-state index < -0.39 is 10.0 Å². The van der Waals surface area contributed by atoms with E-state index in [2.05, 4.69) is 37.2 Å². The summed E-state index contributed by atoms with van der Waals surface area (Å²) in [5.74, 6) is 0. The number of rotatable bonds is 4. The van der Waals surface area contributed by atoms with Crippen LogP contribution in [0.2, 0.25) is 0 Å². The van der Waals surface area contributed by atoms with Crippen LogP contribution in [0, 0.1) is 0 Å². The third-order valence-electron chi connectivity index (χ3n) is 2.64. The Morgan fingerprint density at radius 3 is 2.45 bits per heavy atom. The predicted molar refractivity (Wildman–Crippen MR) is 87.0 cm³/mol. The van der Waals surface area contributed by atoms with Gasteiger partial charge in [-0.15, -0.1) is 0 Å². The number of benzene rings is 2. The molecule has 106 valence electrons. The summed E-state index contributed by atoms with van der Waals surface area (Å²) in [4.78, 5) is 0.0967. The molecule has 3 N–H and O–H groups in total. The highest BCUT2D eigenvalue weighted by molar-refractivity contribution is 9.13. The third kappa shape index (κ3) is 4.05. The summed E-state index contributed by atoms with van der Waals surface area (Å²) in [7, 11) is -3.67. The molecule has 7 heteroatoms. The first-order valence-corrected chi connectivity index (χ1v) is 8.80. The van der Waals surface area contributed by atoms with Gasteiger partial charge in [-0.2, -0.15) is 0 Å². The Morgan fingerprint density at radius 1 is 1.05 bits per heavy atom. The lowest BCUT2D eigenvalue weighted by Gasteiger charge is -2.08. The van der Waals surface area contributed by atoms with Crippen LogP contribution in [-0.4, -0.2) is 8.42 Å². The maximum atomic E-state index is 11.3. The van der Waals surface area contributed by atoms with Crippen LogP contribution in [0.25, 0.3) is 0 Å². The second kappa shape index (κ2) is 6.26. The van der Waals surface area contributed by atoms with Gasteiger partial charge in [0.1, 0.15) is 0 Å². The number of sulfonamides is 1. The van der Waals surface area contributed by atoms with Gasteiger partial charge in [0.15, 0.2) is 0 Å². The van der Waals surface area contributed by atoms with Crippen LogP contribution in [0.3, 0.4) is 0 Å². The molecule has 0 aliphatic heterocycles. The van der Waals surface area contributed by atoms with Crippen molar-refractivity contribution in [1.82, 2.24) is 0 Å². The number of anilines is 1. The Kier molecular flexibility index (Phi) is 4.85. The summed E-state index contributed by atoms with van der Waals surface area (Å²) in [6.45, 7) is 0.583. The van der Waals surface area contributed by atoms with Crippen LogP contribution >= 0.6 is 31.9 Å². The lowest BCUT2D eigenvalue weighted by atomic mass is 10.2. The molecule has 0 aromatic heterocycles. The zero-order valence-electron chi connectivity index (χ0n) is 10.3. The second-order valence-corrected chi connectivity index (χ2v) is 7.44. The number of primary sulfonamides is 1. The van der Waals surface area contributed by atoms with Crippen molar-refractivity contribution in [2.24, 2.45) is 5.14 Å². The molecule has 20 heavy (non-hydrogen) atoms. The van der Waals surface area contributed by atoms with E-state index in [4.69, 9.17) is 5.14 Å². The molecule has 0 fully saturated rings. The Labute approximate surface area is 134 Å². The minimum atomic E-state index is -3.67. The average molecular weight is 420 g/mol. The van der Waals surface area contributed by atoms with Gasteiger partial charge >= 0.3 is 0 Å². The molecule has 0 saturated heterocycles. The minimum absolute atomic E-state index is 0.0967. The van der Waals surface area contributed by atoms with Crippen LogP contribution in [0.15, 0.2) is 56.3 Å². The van der Waals surface area contributed by atoms with Crippen LogP contribution in [0.4, 0.5) is 5.69 Å². The molecule has 2 rings (SSSR count). The Balaban J connectivity index is 2.13. The summed E-state index contributed by atoms with van der Waals surface area (Å²) < 4.78 is 24.5. The molecule has 2 aromatic carbocycles. The summed E-state index contributed by atoms with van der Waals surface area (Å²) in [5.41, 5.74) is 1.77. The van der Waals surface area contributed by atoms with Crippen molar-refractivity contribution in [2.75, 3.05) is 5.32 Å². The fraction of sp³-hybridized carbons (Fsp3) is 0.0769. The van der Waals surface area contributed by atoms with E-state index in [0.717, 1.165) is 14.5 Å². The SMILES string of the molecule is NS(=O)(=O)c1cccc(NCc2ccc(Br)c(Br)c2)c1. The van der Waals surface area contributed by atoms with Gasteiger partial charge in [-0.05, 0) is 67.8 Å².